The first kappa shape index (κ1) is 23.8. The number of hydrogen-bond donors (Lipinski definition) is 1. The Kier molecular flexibility index (Phi) is 7.34. The van der Waals surface area contributed by atoms with E-state index in [1.54, 1.807) is 30.3 Å². The van der Waals surface area contributed by atoms with Gasteiger partial charge in [0, 0.05) is 5.56 Å². The van der Waals surface area contributed by atoms with Crippen molar-refractivity contribution in [3.63, 3.8) is 0 Å². The lowest BCUT2D eigenvalue weighted by Gasteiger charge is -2.14. The van der Waals surface area contributed by atoms with Crippen LogP contribution in [0.1, 0.15) is 11.1 Å². The summed E-state index contributed by atoms with van der Waals surface area (Å²) in [7, 11) is -4.69. The normalized spacial score (nSPS) is 11.8. The Bertz CT molecular complexity index is 1250. The number of hydrazone groups is 1. The van der Waals surface area contributed by atoms with Crippen LogP contribution in [0.2, 0.25) is 0 Å². The molecule has 0 atom stereocenters. The van der Waals surface area contributed by atoms with E-state index in [4.69, 9.17) is 4.18 Å². The molecule has 0 bridgehead atoms. The molecule has 172 valence electrons. The number of hydrogen-bond acceptors (Lipinski definition) is 6. The van der Waals surface area contributed by atoms with Gasteiger partial charge in [-0.1, -0.05) is 54.6 Å². The number of halogens is 3. The summed E-state index contributed by atoms with van der Waals surface area (Å²) in [4.78, 5) is 11.2. The Morgan fingerprint density at radius 1 is 0.909 bits per heavy atom. The van der Waals surface area contributed by atoms with E-state index in [2.05, 4.69) is 15.3 Å². The van der Waals surface area contributed by atoms with Crippen LogP contribution in [-0.2, 0) is 21.3 Å². The molecule has 3 rings (SSSR count). The fourth-order valence-corrected chi connectivity index (χ4v) is 3.77. The Morgan fingerprint density at radius 3 is 2.21 bits per heavy atom. The van der Waals surface area contributed by atoms with E-state index in [0.717, 1.165) is 23.9 Å². The number of nitrogens with zero attached hydrogens (tertiary/aromatic N) is 1. The van der Waals surface area contributed by atoms with Gasteiger partial charge < -0.3 is 8.92 Å². The second-order valence-corrected chi connectivity index (χ2v) is 8.04. The van der Waals surface area contributed by atoms with Crippen LogP contribution in [0.5, 0.6) is 11.5 Å². The van der Waals surface area contributed by atoms with Crippen molar-refractivity contribution in [2.75, 3.05) is 0 Å². The van der Waals surface area contributed by atoms with Gasteiger partial charge in [-0.05, 0) is 29.8 Å². The maximum Gasteiger partial charge on any atom is 0.573 e. The van der Waals surface area contributed by atoms with Gasteiger partial charge in [0.25, 0.3) is 0 Å². The van der Waals surface area contributed by atoms with Gasteiger partial charge in [0.15, 0.2) is 11.5 Å². The summed E-state index contributed by atoms with van der Waals surface area (Å²) in [6.07, 6.45) is -3.85. The van der Waals surface area contributed by atoms with Crippen LogP contribution in [0.3, 0.4) is 0 Å². The summed E-state index contributed by atoms with van der Waals surface area (Å²) in [5.41, 5.74) is 3.26. The summed E-state index contributed by atoms with van der Waals surface area (Å²) in [6.45, 7) is 0. The second kappa shape index (κ2) is 10.2. The minimum absolute atomic E-state index is 0.0840. The highest BCUT2D eigenvalue weighted by molar-refractivity contribution is 7.87. The lowest BCUT2D eigenvalue weighted by Crippen LogP contribution is -2.20. The number of rotatable bonds is 8. The van der Waals surface area contributed by atoms with Crippen molar-refractivity contribution in [3.05, 3.63) is 90.0 Å². The fourth-order valence-electron chi connectivity index (χ4n) is 2.69. The zero-order valence-corrected chi connectivity index (χ0v) is 17.6. The Hall–Kier alpha value is -3.86. The molecule has 1 N–H and O–H groups in total. The van der Waals surface area contributed by atoms with E-state index in [0.29, 0.717) is 0 Å². The van der Waals surface area contributed by atoms with Gasteiger partial charge >= 0.3 is 16.5 Å². The zero-order valence-electron chi connectivity index (χ0n) is 16.8. The number of amides is 1. The van der Waals surface area contributed by atoms with Crippen molar-refractivity contribution in [1.29, 1.82) is 0 Å². The molecule has 0 aliphatic rings. The van der Waals surface area contributed by atoms with Gasteiger partial charge in [-0.15, -0.1) is 13.2 Å². The van der Waals surface area contributed by atoms with E-state index in [1.807, 2.05) is 6.07 Å². The van der Waals surface area contributed by atoms with Crippen molar-refractivity contribution in [1.82, 2.24) is 5.43 Å². The maximum atomic E-state index is 12.7. The third-order valence-electron chi connectivity index (χ3n) is 4.06. The summed E-state index contributed by atoms with van der Waals surface area (Å²) in [6, 6.07) is 18.9. The molecule has 0 spiro atoms. The van der Waals surface area contributed by atoms with Gasteiger partial charge in [0.2, 0.25) is 5.91 Å². The van der Waals surface area contributed by atoms with Crippen LogP contribution >= 0.6 is 0 Å². The van der Waals surface area contributed by atoms with E-state index in [-0.39, 0.29) is 17.7 Å². The average Bonchev–Trinajstić information content (AvgIpc) is 2.74. The molecule has 0 aromatic heterocycles. The Labute approximate surface area is 187 Å². The molecule has 3 aromatic rings. The smallest absolute Gasteiger partial charge is 0.404 e. The fraction of sp³-hybridized carbons (Fsp3) is 0.0909. The molecule has 0 saturated carbocycles. The molecule has 7 nitrogen and oxygen atoms in total. The minimum Gasteiger partial charge on any atom is -0.404 e. The summed E-state index contributed by atoms with van der Waals surface area (Å²) in [5, 5.41) is 3.79. The number of alkyl halides is 3. The Balaban J connectivity index is 1.75. The quantitative estimate of drug-likeness (QED) is 0.300. The number of carbonyl (C=O) groups excluding carboxylic acids is 1. The van der Waals surface area contributed by atoms with Crippen LogP contribution < -0.4 is 14.3 Å². The minimum atomic E-state index is -5.09. The number of ether oxygens (including phenoxy) is 1. The Morgan fingerprint density at radius 2 is 1.52 bits per heavy atom. The second-order valence-electron chi connectivity index (χ2n) is 6.53. The first-order valence-electron chi connectivity index (χ1n) is 9.38. The van der Waals surface area contributed by atoms with Gasteiger partial charge in [0.1, 0.15) is 4.90 Å². The largest absolute Gasteiger partial charge is 0.573 e. The molecule has 1 amide bonds. The molecule has 0 heterocycles. The number of benzene rings is 3. The highest BCUT2D eigenvalue weighted by Crippen LogP contribution is 2.31. The third kappa shape index (κ3) is 7.07. The van der Waals surface area contributed by atoms with Crippen LogP contribution in [0.15, 0.2) is 88.9 Å². The van der Waals surface area contributed by atoms with E-state index in [1.165, 1.54) is 30.3 Å². The summed E-state index contributed by atoms with van der Waals surface area (Å²) >= 11 is 0. The third-order valence-corrected chi connectivity index (χ3v) is 5.34. The van der Waals surface area contributed by atoms with Crippen LogP contribution in [-0.4, -0.2) is 26.9 Å². The molecular formula is C22H17F3N2O5S. The molecular weight excluding hydrogens is 461 g/mol. The molecule has 0 aliphatic heterocycles. The predicted molar refractivity (Wildman–Crippen MR) is 113 cm³/mol. The number of nitrogens with one attached hydrogen (secondary N) is 1. The van der Waals surface area contributed by atoms with Crippen molar-refractivity contribution >= 4 is 22.2 Å². The van der Waals surface area contributed by atoms with Crippen LogP contribution in [0.25, 0.3) is 0 Å². The zero-order chi connectivity index (χ0) is 23.9. The van der Waals surface area contributed by atoms with Crippen molar-refractivity contribution < 1.29 is 35.3 Å². The molecule has 0 fully saturated rings. The van der Waals surface area contributed by atoms with Crippen LogP contribution in [0.4, 0.5) is 13.2 Å². The van der Waals surface area contributed by atoms with Crippen molar-refractivity contribution in [2.45, 2.75) is 17.7 Å². The van der Waals surface area contributed by atoms with Crippen molar-refractivity contribution in [2.24, 2.45) is 5.10 Å². The monoisotopic (exact) mass is 478 g/mol. The topological polar surface area (TPSA) is 94.1 Å². The maximum absolute atomic E-state index is 12.7. The lowest BCUT2D eigenvalue weighted by atomic mass is 10.1. The number of para-hydroxylation sites is 2. The molecule has 0 saturated heterocycles. The SMILES string of the molecule is O=C(Cc1ccccc1)NN=Cc1ccccc1OS(=O)(=O)c1ccccc1OC(F)(F)F. The lowest BCUT2D eigenvalue weighted by molar-refractivity contribution is -0.275. The van der Waals surface area contributed by atoms with Gasteiger partial charge in [-0.25, -0.2) is 5.43 Å². The first-order chi connectivity index (χ1) is 15.6. The van der Waals surface area contributed by atoms with Crippen LogP contribution in [0, 0.1) is 0 Å². The summed E-state index contributed by atoms with van der Waals surface area (Å²) < 4.78 is 72.1. The molecule has 0 aliphatic carbocycles. The standard InChI is InChI=1S/C22H17F3N2O5S/c23-22(24,25)31-19-12-6-7-13-20(19)33(29,30)32-18-11-5-4-10-17(18)15-26-27-21(28)14-16-8-2-1-3-9-16/h1-13,15H,14H2,(H,27,28). The van der Waals surface area contributed by atoms with Gasteiger partial charge in [-0.3, -0.25) is 4.79 Å². The molecule has 0 radical (unpaired) electrons. The van der Waals surface area contributed by atoms with E-state index >= 15 is 0 Å². The van der Waals surface area contributed by atoms with E-state index in [9.17, 15) is 26.4 Å². The molecule has 0 unspecified atom stereocenters. The summed E-state index contributed by atoms with van der Waals surface area (Å²) in [5.74, 6) is -1.54. The highest BCUT2D eigenvalue weighted by atomic mass is 32.2. The predicted octanol–water partition coefficient (Wildman–Crippen LogP) is 4.05. The van der Waals surface area contributed by atoms with E-state index < -0.39 is 33.0 Å². The molecule has 3 aromatic carbocycles. The average molecular weight is 478 g/mol. The first-order valence-corrected chi connectivity index (χ1v) is 10.8. The highest BCUT2D eigenvalue weighted by Gasteiger charge is 2.34. The molecule has 33 heavy (non-hydrogen) atoms. The van der Waals surface area contributed by atoms with Crippen molar-refractivity contribution in [3.8, 4) is 11.5 Å². The van der Waals surface area contributed by atoms with Gasteiger partial charge in [0.05, 0.1) is 12.6 Å². The molecule has 11 heteroatoms. The number of carbonyl (C=O) groups is 1. The van der Waals surface area contributed by atoms with Gasteiger partial charge in [-0.2, -0.15) is 13.5 Å².